The highest BCUT2D eigenvalue weighted by Gasteiger charge is 2.31. The molecule has 0 spiro atoms. The molecule has 0 heterocycles. The Hall–Kier alpha value is -0.990. The normalized spacial score (nSPS) is 16.8. The number of hydrogen-bond donors (Lipinski definition) is 0. The molecule has 0 atom stereocenters. The zero-order valence-corrected chi connectivity index (χ0v) is 8.56. The van der Waals surface area contributed by atoms with E-state index < -0.39 is 11.7 Å². The average Bonchev–Trinajstić information content (AvgIpc) is 2.85. The van der Waals surface area contributed by atoms with E-state index in [0.29, 0.717) is 11.5 Å². The Bertz CT molecular complexity index is 362. The van der Waals surface area contributed by atoms with Gasteiger partial charge >= 0.3 is 6.18 Å². The van der Waals surface area contributed by atoms with E-state index in [4.69, 9.17) is 0 Å². The first-order valence-electron chi connectivity index (χ1n) is 5.13. The van der Waals surface area contributed by atoms with Gasteiger partial charge in [-0.15, -0.1) is 0 Å². The maximum absolute atomic E-state index is 12.5. The highest BCUT2D eigenvalue weighted by atomic mass is 19.4. The molecule has 1 aromatic rings. The third kappa shape index (κ3) is 2.74. The summed E-state index contributed by atoms with van der Waals surface area (Å²) in [5.74, 6) is 0.618. The van der Waals surface area contributed by atoms with Gasteiger partial charge in [0.25, 0.3) is 0 Å². The first kappa shape index (κ1) is 10.5. The second kappa shape index (κ2) is 3.54. The quantitative estimate of drug-likeness (QED) is 0.698. The van der Waals surface area contributed by atoms with Crippen molar-refractivity contribution in [1.82, 2.24) is 0 Å². The zero-order valence-electron chi connectivity index (χ0n) is 8.56. The summed E-state index contributed by atoms with van der Waals surface area (Å²) in [6, 6.07) is 4.34. The standard InChI is InChI=1S/C12H13F3/c1-8-4-10(6-9-2-3-9)7-11(5-8)12(13,14)15/h4-5,7,9H,2-3,6H2,1H3. The molecule has 1 saturated carbocycles. The highest BCUT2D eigenvalue weighted by Crippen LogP contribution is 2.35. The average molecular weight is 214 g/mol. The number of halogens is 3. The summed E-state index contributed by atoms with van der Waals surface area (Å²) >= 11 is 0. The van der Waals surface area contributed by atoms with Crippen LogP contribution in [0.2, 0.25) is 0 Å². The summed E-state index contributed by atoms with van der Waals surface area (Å²) in [6.45, 7) is 1.71. The molecule has 3 heteroatoms. The van der Waals surface area contributed by atoms with E-state index in [1.807, 2.05) is 6.07 Å². The van der Waals surface area contributed by atoms with Crippen LogP contribution in [0.4, 0.5) is 13.2 Å². The molecule has 0 bridgehead atoms. The van der Waals surface area contributed by atoms with Crippen LogP contribution in [0.15, 0.2) is 18.2 Å². The molecule has 15 heavy (non-hydrogen) atoms. The van der Waals surface area contributed by atoms with Crippen molar-refractivity contribution in [2.24, 2.45) is 5.92 Å². The van der Waals surface area contributed by atoms with Crippen LogP contribution in [0.1, 0.15) is 29.5 Å². The van der Waals surface area contributed by atoms with Gasteiger partial charge in [0.2, 0.25) is 0 Å². The lowest BCUT2D eigenvalue weighted by Gasteiger charge is -2.10. The summed E-state index contributed by atoms with van der Waals surface area (Å²) in [5, 5.41) is 0. The molecule has 0 nitrogen and oxygen atoms in total. The van der Waals surface area contributed by atoms with Crippen molar-refractivity contribution in [2.45, 2.75) is 32.4 Å². The van der Waals surface area contributed by atoms with E-state index in [1.54, 1.807) is 6.92 Å². The molecule has 1 aromatic carbocycles. The van der Waals surface area contributed by atoms with E-state index in [-0.39, 0.29) is 0 Å². The predicted octanol–water partition coefficient (Wildman–Crippen LogP) is 3.97. The number of rotatable bonds is 2. The minimum Gasteiger partial charge on any atom is -0.166 e. The summed E-state index contributed by atoms with van der Waals surface area (Å²) < 4.78 is 37.5. The van der Waals surface area contributed by atoms with E-state index in [2.05, 4.69) is 0 Å². The molecule has 0 amide bonds. The van der Waals surface area contributed by atoms with Gasteiger partial charge in [-0.25, -0.2) is 0 Å². The summed E-state index contributed by atoms with van der Waals surface area (Å²) in [4.78, 5) is 0. The van der Waals surface area contributed by atoms with Crippen LogP contribution in [0.25, 0.3) is 0 Å². The fourth-order valence-electron chi connectivity index (χ4n) is 1.80. The maximum Gasteiger partial charge on any atom is 0.416 e. The van der Waals surface area contributed by atoms with Crippen molar-refractivity contribution in [3.63, 3.8) is 0 Å². The minimum absolute atomic E-state index is 0.516. The molecule has 1 aliphatic rings. The maximum atomic E-state index is 12.5. The molecule has 1 aliphatic carbocycles. The third-order valence-corrected chi connectivity index (χ3v) is 2.69. The fourth-order valence-corrected chi connectivity index (χ4v) is 1.80. The number of alkyl halides is 3. The molecule has 0 aromatic heterocycles. The Balaban J connectivity index is 2.27. The van der Waals surface area contributed by atoms with Crippen LogP contribution in [-0.4, -0.2) is 0 Å². The molecule has 0 aliphatic heterocycles. The van der Waals surface area contributed by atoms with Gasteiger partial charge in [-0.3, -0.25) is 0 Å². The lowest BCUT2D eigenvalue weighted by Crippen LogP contribution is -2.06. The molecule has 0 unspecified atom stereocenters. The largest absolute Gasteiger partial charge is 0.416 e. The van der Waals surface area contributed by atoms with Crippen LogP contribution in [0.5, 0.6) is 0 Å². The van der Waals surface area contributed by atoms with Gasteiger partial charge in [0.15, 0.2) is 0 Å². The predicted molar refractivity (Wildman–Crippen MR) is 52.6 cm³/mol. The second-order valence-electron chi connectivity index (χ2n) is 4.35. The van der Waals surface area contributed by atoms with Crippen LogP contribution in [-0.2, 0) is 12.6 Å². The summed E-state index contributed by atoms with van der Waals surface area (Å²) in [5.41, 5.74) is 1.00. The smallest absolute Gasteiger partial charge is 0.166 e. The SMILES string of the molecule is Cc1cc(CC2CC2)cc(C(F)(F)F)c1. The molecule has 1 fully saturated rings. The van der Waals surface area contributed by atoms with Crippen molar-refractivity contribution in [1.29, 1.82) is 0 Å². The van der Waals surface area contributed by atoms with E-state index in [1.165, 1.54) is 12.1 Å². The Labute approximate surface area is 87.1 Å². The van der Waals surface area contributed by atoms with Gasteiger partial charge in [0.05, 0.1) is 5.56 Å². The number of hydrogen-bond acceptors (Lipinski definition) is 0. The molecule has 0 radical (unpaired) electrons. The fraction of sp³-hybridized carbons (Fsp3) is 0.500. The molecule has 0 saturated heterocycles. The second-order valence-corrected chi connectivity index (χ2v) is 4.35. The summed E-state index contributed by atoms with van der Waals surface area (Å²) in [7, 11) is 0. The monoisotopic (exact) mass is 214 g/mol. The van der Waals surface area contributed by atoms with E-state index >= 15 is 0 Å². The lowest BCUT2D eigenvalue weighted by atomic mass is 10.0. The highest BCUT2D eigenvalue weighted by molar-refractivity contribution is 5.31. The zero-order chi connectivity index (χ0) is 11.1. The molecular weight excluding hydrogens is 201 g/mol. The third-order valence-electron chi connectivity index (χ3n) is 2.69. The van der Waals surface area contributed by atoms with Crippen molar-refractivity contribution in [3.8, 4) is 0 Å². The molecule has 0 N–H and O–H groups in total. The van der Waals surface area contributed by atoms with Crippen molar-refractivity contribution in [2.75, 3.05) is 0 Å². The van der Waals surface area contributed by atoms with Crippen molar-refractivity contribution >= 4 is 0 Å². The van der Waals surface area contributed by atoms with E-state index in [9.17, 15) is 13.2 Å². The number of aryl methyl sites for hydroxylation is 1. The van der Waals surface area contributed by atoms with Gasteiger partial charge in [-0.2, -0.15) is 13.2 Å². The Morgan fingerprint density at radius 2 is 1.87 bits per heavy atom. The first-order valence-corrected chi connectivity index (χ1v) is 5.13. The van der Waals surface area contributed by atoms with Gasteiger partial charge in [0.1, 0.15) is 0 Å². The van der Waals surface area contributed by atoms with Crippen LogP contribution < -0.4 is 0 Å². The molecular formula is C12H13F3. The first-order chi connectivity index (χ1) is 6.95. The Morgan fingerprint density at radius 3 is 2.40 bits per heavy atom. The van der Waals surface area contributed by atoms with E-state index in [0.717, 1.165) is 24.8 Å². The van der Waals surface area contributed by atoms with Gasteiger partial charge in [-0.05, 0) is 49.8 Å². The topological polar surface area (TPSA) is 0 Å². The Morgan fingerprint density at radius 1 is 1.20 bits per heavy atom. The Kier molecular flexibility index (Phi) is 2.49. The molecule has 2 rings (SSSR count). The lowest BCUT2D eigenvalue weighted by molar-refractivity contribution is -0.137. The van der Waals surface area contributed by atoms with Crippen molar-refractivity contribution < 1.29 is 13.2 Å². The van der Waals surface area contributed by atoms with Crippen LogP contribution in [0, 0.1) is 12.8 Å². The number of benzene rings is 1. The van der Waals surface area contributed by atoms with Crippen LogP contribution in [0.3, 0.4) is 0 Å². The van der Waals surface area contributed by atoms with Crippen LogP contribution >= 0.6 is 0 Å². The minimum atomic E-state index is -4.22. The van der Waals surface area contributed by atoms with Crippen molar-refractivity contribution in [3.05, 3.63) is 34.9 Å². The molecule has 82 valence electrons. The van der Waals surface area contributed by atoms with Gasteiger partial charge < -0.3 is 0 Å². The summed E-state index contributed by atoms with van der Waals surface area (Å²) in [6.07, 6.45) is -1.10. The van der Waals surface area contributed by atoms with Gasteiger partial charge in [-0.1, -0.05) is 11.6 Å². The van der Waals surface area contributed by atoms with Gasteiger partial charge in [0, 0.05) is 0 Å².